The summed E-state index contributed by atoms with van der Waals surface area (Å²) in [5, 5.41) is 1.39. The van der Waals surface area contributed by atoms with Gasteiger partial charge in [-0.2, -0.15) is 0 Å². The third-order valence-corrected chi connectivity index (χ3v) is 5.05. The Bertz CT molecular complexity index is 473. The van der Waals surface area contributed by atoms with Crippen LogP contribution in [0.25, 0.3) is 0 Å². The van der Waals surface area contributed by atoms with Gasteiger partial charge in [0.2, 0.25) is 0 Å². The molecule has 0 fully saturated rings. The first kappa shape index (κ1) is 11.1. The van der Waals surface area contributed by atoms with Crippen LogP contribution in [0.5, 0.6) is 0 Å². The molecular formula is C11H10ClFS2. The van der Waals surface area contributed by atoms with Crippen molar-refractivity contribution in [3.8, 4) is 0 Å². The van der Waals surface area contributed by atoms with Crippen molar-refractivity contribution in [2.45, 2.75) is 19.2 Å². The standard InChI is InChI=1S/C11H10ClFS2/c1-6-5-7(2)15-10(6)9(12)11-8(13)3-4-14-11/h3-5,9H,1-2H3. The fourth-order valence-corrected chi connectivity index (χ4v) is 3.93. The summed E-state index contributed by atoms with van der Waals surface area (Å²) >= 11 is 9.29. The van der Waals surface area contributed by atoms with E-state index >= 15 is 0 Å². The van der Waals surface area contributed by atoms with E-state index in [4.69, 9.17) is 11.6 Å². The molecule has 0 nitrogen and oxygen atoms in total. The van der Waals surface area contributed by atoms with Gasteiger partial charge in [0.1, 0.15) is 11.2 Å². The molecule has 2 rings (SSSR count). The number of rotatable bonds is 2. The van der Waals surface area contributed by atoms with Gasteiger partial charge in [-0.15, -0.1) is 34.3 Å². The van der Waals surface area contributed by atoms with E-state index in [0.29, 0.717) is 4.88 Å². The van der Waals surface area contributed by atoms with Crippen molar-refractivity contribution in [1.29, 1.82) is 0 Å². The maximum atomic E-state index is 13.4. The molecule has 0 aromatic carbocycles. The van der Waals surface area contributed by atoms with Gasteiger partial charge >= 0.3 is 0 Å². The number of thiophene rings is 2. The Morgan fingerprint density at radius 2 is 2.07 bits per heavy atom. The highest BCUT2D eigenvalue weighted by molar-refractivity contribution is 7.13. The Morgan fingerprint density at radius 1 is 1.33 bits per heavy atom. The average molecular weight is 261 g/mol. The highest BCUT2D eigenvalue weighted by Gasteiger charge is 2.20. The molecule has 0 spiro atoms. The van der Waals surface area contributed by atoms with Crippen molar-refractivity contribution >= 4 is 34.3 Å². The lowest BCUT2D eigenvalue weighted by Crippen LogP contribution is -1.91. The van der Waals surface area contributed by atoms with Crippen LogP contribution in [-0.4, -0.2) is 0 Å². The zero-order valence-corrected chi connectivity index (χ0v) is 10.8. The van der Waals surface area contributed by atoms with Crippen LogP contribution in [0.15, 0.2) is 17.5 Å². The molecule has 0 bridgehead atoms. The molecule has 15 heavy (non-hydrogen) atoms. The monoisotopic (exact) mass is 260 g/mol. The SMILES string of the molecule is Cc1cc(C)c(C(Cl)c2sccc2F)s1. The second-order valence-electron chi connectivity index (χ2n) is 3.40. The summed E-state index contributed by atoms with van der Waals surface area (Å²) in [4.78, 5) is 2.88. The van der Waals surface area contributed by atoms with Crippen LogP contribution in [0.1, 0.15) is 25.6 Å². The maximum absolute atomic E-state index is 13.4. The third-order valence-electron chi connectivity index (χ3n) is 2.18. The first-order valence-electron chi connectivity index (χ1n) is 4.53. The molecule has 0 aliphatic rings. The molecule has 0 saturated carbocycles. The number of hydrogen-bond acceptors (Lipinski definition) is 2. The average Bonchev–Trinajstić information content (AvgIpc) is 2.71. The Balaban J connectivity index is 2.40. The van der Waals surface area contributed by atoms with Gasteiger partial charge in [0.05, 0.1) is 4.88 Å². The van der Waals surface area contributed by atoms with E-state index < -0.39 is 0 Å². The molecule has 1 atom stereocenters. The molecule has 1 unspecified atom stereocenters. The van der Waals surface area contributed by atoms with E-state index in [9.17, 15) is 4.39 Å². The van der Waals surface area contributed by atoms with E-state index in [0.717, 1.165) is 10.4 Å². The molecule has 0 aliphatic heterocycles. The summed E-state index contributed by atoms with van der Waals surface area (Å²) in [7, 11) is 0. The molecule has 0 amide bonds. The number of alkyl halides is 1. The van der Waals surface area contributed by atoms with Crippen LogP contribution in [-0.2, 0) is 0 Å². The summed E-state index contributed by atoms with van der Waals surface area (Å²) < 4.78 is 13.4. The van der Waals surface area contributed by atoms with E-state index in [2.05, 4.69) is 6.07 Å². The summed E-state index contributed by atoms with van der Waals surface area (Å²) in [6, 6.07) is 3.55. The predicted octanol–water partition coefficient (Wildman–Crippen LogP) is 4.89. The Morgan fingerprint density at radius 3 is 2.53 bits per heavy atom. The lowest BCUT2D eigenvalue weighted by Gasteiger charge is -2.06. The van der Waals surface area contributed by atoms with Crippen LogP contribution in [0.3, 0.4) is 0 Å². The van der Waals surface area contributed by atoms with Crippen LogP contribution < -0.4 is 0 Å². The van der Waals surface area contributed by atoms with Crippen molar-refractivity contribution in [3.05, 3.63) is 43.5 Å². The third kappa shape index (κ3) is 2.10. The molecule has 0 aliphatic carbocycles. The zero-order chi connectivity index (χ0) is 11.0. The molecular weight excluding hydrogens is 251 g/mol. The largest absolute Gasteiger partial charge is 0.206 e. The van der Waals surface area contributed by atoms with Crippen molar-refractivity contribution in [3.63, 3.8) is 0 Å². The van der Waals surface area contributed by atoms with Crippen molar-refractivity contribution in [2.24, 2.45) is 0 Å². The molecule has 0 radical (unpaired) electrons. The van der Waals surface area contributed by atoms with Crippen molar-refractivity contribution in [1.82, 2.24) is 0 Å². The van der Waals surface area contributed by atoms with Gasteiger partial charge in [-0.05, 0) is 36.9 Å². The number of hydrogen-bond donors (Lipinski definition) is 0. The summed E-state index contributed by atoms with van der Waals surface area (Å²) in [6.07, 6.45) is 0. The van der Waals surface area contributed by atoms with Crippen LogP contribution in [0.2, 0.25) is 0 Å². The smallest absolute Gasteiger partial charge is 0.138 e. The Hall–Kier alpha value is -0.380. The van der Waals surface area contributed by atoms with Gasteiger partial charge in [-0.1, -0.05) is 0 Å². The van der Waals surface area contributed by atoms with Crippen molar-refractivity contribution in [2.75, 3.05) is 0 Å². The minimum absolute atomic E-state index is 0.203. The van der Waals surface area contributed by atoms with Crippen LogP contribution in [0.4, 0.5) is 4.39 Å². The first-order chi connectivity index (χ1) is 7.09. The van der Waals surface area contributed by atoms with Gasteiger partial charge < -0.3 is 0 Å². The molecule has 4 heteroatoms. The van der Waals surface area contributed by atoms with Gasteiger partial charge in [-0.25, -0.2) is 4.39 Å². The summed E-state index contributed by atoms with van der Waals surface area (Å²) in [5.74, 6) is -0.203. The predicted molar refractivity (Wildman–Crippen MR) is 65.8 cm³/mol. The minimum Gasteiger partial charge on any atom is -0.206 e. The van der Waals surface area contributed by atoms with Gasteiger partial charge in [0.15, 0.2) is 0 Å². The van der Waals surface area contributed by atoms with E-state index in [1.165, 1.54) is 22.3 Å². The van der Waals surface area contributed by atoms with Crippen LogP contribution in [0, 0.1) is 19.7 Å². The Kier molecular flexibility index (Phi) is 3.14. The van der Waals surface area contributed by atoms with Crippen LogP contribution >= 0.6 is 34.3 Å². The van der Waals surface area contributed by atoms with E-state index in [1.54, 1.807) is 16.7 Å². The molecule has 0 N–H and O–H groups in total. The highest BCUT2D eigenvalue weighted by Crippen LogP contribution is 2.39. The zero-order valence-electron chi connectivity index (χ0n) is 8.38. The number of aryl methyl sites for hydroxylation is 2. The number of halogens is 2. The lowest BCUT2D eigenvalue weighted by molar-refractivity contribution is 0.621. The minimum atomic E-state index is -0.344. The maximum Gasteiger partial charge on any atom is 0.138 e. The highest BCUT2D eigenvalue weighted by atomic mass is 35.5. The Labute approximate surface area is 101 Å². The fourth-order valence-electron chi connectivity index (χ4n) is 1.52. The quantitative estimate of drug-likeness (QED) is 0.674. The summed E-state index contributed by atoms with van der Waals surface area (Å²) in [5.41, 5.74) is 1.14. The molecule has 2 aromatic heterocycles. The second kappa shape index (κ2) is 4.24. The van der Waals surface area contributed by atoms with Gasteiger partial charge in [-0.3, -0.25) is 0 Å². The molecule has 80 valence electrons. The summed E-state index contributed by atoms with van der Waals surface area (Å²) in [6.45, 7) is 4.05. The molecule has 2 heterocycles. The topological polar surface area (TPSA) is 0 Å². The normalized spacial score (nSPS) is 13.1. The van der Waals surface area contributed by atoms with Crippen molar-refractivity contribution < 1.29 is 4.39 Å². The fraction of sp³-hybridized carbons (Fsp3) is 0.273. The van der Waals surface area contributed by atoms with Gasteiger partial charge in [0, 0.05) is 9.75 Å². The molecule has 0 saturated heterocycles. The molecule has 2 aromatic rings. The second-order valence-corrected chi connectivity index (χ2v) is 6.07. The van der Waals surface area contributed by atoms with E-state index in [1.807, 2.05) is 13.8 Å². The van der Waals surface area contributed by atoms with Gasteiger partial charge in [0.25, 0.3) is 0 Å². The lowest BCUT2D eigenvalue weighted by atomic mass is 10.2. The van der Waals surface area contributed by atoms with E-state index in [-0.39, 0.29) is 11.2 Å². The first-order valence-corrected chi connectivity index (χ1v) is 6.66.